The molecular formula is C15H13F2NO2. The molecule has 0 bridgehead atoms. The van der Waals surface area contributed by atoms with E-state index < -0.39 is 23.1 Å². The van der Waals surface area contributed by atoms with Crippen molar-refractivity contribution in [3.8, 4) is 0 Å². The first kappa shape index (κ1) is 14.1. The Balaban J connectivity index is 2.36. The molecule has 0 spiro atoms. The van der Waals surface area contributed by atoms with Gasteiger partial charge in [0, 0.05) is 11.3 Å². The summed E-state index contributed by atoms with van der Waals surface area (Å²) in [5, 5.41) is 11.6. The van der Waals surface area contributed by atoms with Gasteiger partial charge in [-0.15, -0.1) is 0 Å². The van der Waals surface area contributed by atoms with Gasteiger partial charge in [-0.05, 0) is 24.6 Å². The van der Waals surface area contributed by atoms with Gasteiger partial charge >= 0.3 is 0 Å². The lowest BCUT2D eigenvalue weighted by Gasteiger charge is -2.11. The summed E-state index contributed by atoms with van der Waals surface area (Å²) in [6.45, 7) is 1.17. The molecule has 0 aliphatic rings. The molecule has 0 radical (unpaired) electrons. The van der Waals surface area contributed by atoms with Gasteiger partial charge < -0.3 is 10.4 Å². The third-order valence-corrected chi connectivity index (χ3v) is 2.95. The Labute approximate surface area is 114 Å². The summed E-state index contributed by atoms with van der Waals surface area (Å²) in [5.41, 5.74) is 0.347. The molecule has 1 amide bonds. The second kappa shape index (κ2) is 5.79. The quantitative estimate of drug-likeness (QED) is 0.906. The Hall–Kier alpha value is -2.27. The number of aliphatic hydroxyl groups excluding tert-OH is 1. The van der Waals surface area contributed by atoms with Crippen molar-refractivity contribution in [2.45, 2.75) is 13.5 Å². The lowest BCUT2D eigenvalue weighted by atomic mass is 10.1. The summed E-state index contributed by atoms with van der Waals surface area (Å²) < 4.78 is 27.5. The van der Waals surface area contributed by atoms with Crippen LogP contribution in [0.15, 0.2) is 36.4 Å². The monoisotopic (exact) mass is 277 g/mol. The van der Waals surface area contributed by atoms with E-state index in [2.05, 4.69) is 5.32 Å². The minimum Gasteiger partial charge on any atom is -0.392 e. The summed E-state index contributed by atoms with van der Waals surface area (Å²) in [6, 6.07) is 8.81. The van der Waals surface area contributed by atoms with E-state index >= 15 is 0 Å². The van der Waals surface area contributed by atoms with Gasteiger partial charge in [0.15, 0.2) is 0 Å². The molecule has 0 saturated carbocycles. The van der Waals surface area contributed by atoms with Crippen LogP contribution < -0.4 is 5.32 Å². The first-order valence-electron chi connectivity index (χ1n) is 5.99. The van der Waals surface area contributed by atoms with E-state index in [0.717, 1.165) is 6.07 Å². The van der Waals surface area contributed by atoms with Crippen molar-refractivity contribution in [3.05, 3.63) is 64.7 Å². The van der Waals surface area contributed by atoms with Crippen LogP contribution in [0.2, 0.25) is 0 Å². The van der Waals surface area contributed by atoms with Crippen molar-refractivity contribution >= 4 is 11.6 Å². The van der Waals surface area contributed by atoms with Crippen molar-refractivity contribution < 1.29 is 18.7 Å². The van der Waals surface area contributed by atoms with Gasteiger partial charge in [0.05, 0.1) is 6.61 Å². The second-order valence-electron chi connectivity index (χ2n) is 4.32. The van der Waals surface area contributed by atoms with Crippen molar-refractivity contribution in [2.24, 2.45) is 0 Å². The number of aliphatic hydroxyl groups is 1. The molecule has 2 rings (SSSR count). The van der Waals surface area contributed by atoms with Crippen LogP contribution in [0.25, 0.3) is 0 Å². The SMILES string of the molecule is Cc1ccc(F)c(C(=O)Nc2ccccc2CO)c1F. The molecule has 0 fully saturated rings. The van der Waals surface area contributed by atoms with Crippen LogP contribution in [0.4, 0.5) is 14.5 Å². The Morgan fingerprint density at radius 1 is 1.20 bits per heavy atom. The van der Waals surface area contributed by atoms with Gasteiger partial charge in [0.25, 0.3) is 5.91 Å². The number of rotatable bonds is 3. The zero-order valence-electron chi connectivity index (χ0n) is 10.8. The number of benzene rings is 2. The van der Waals surface area contributed by atoms with Gasteiger partial charge in [-0.1, -0.05) is 24.3 Å². The number of hydrogen-bond acceptors (Lipinski definition) is 2. The number of aryl methyl sites for hydroxylation is 1. The standard InChI is InChI=1S/C15H13F2NO2/c1-9-6-7-11(16)13(14(9)17)15(20)18-12-5-3-2-4-10(12)8-19/h2-7,19H,8H2,1H3,(H,18,20). The van der Waals surface area contributed by atoms with E-state index in [9.17, 15) is 13.6 Å². The van der Waals surface area contributed by atoms with E-state index in [1.807, 2.05) is 0 Å². The molecule has 0 aromatic heterocycles. The maximum Gasteiger partial charge on any atom is 0.261 e. The van der Waals surface area contributed by atoms with Crippen molar-refractivity contribution in [3.63, 3.8) is 0 Å². The lowest BCUT2D eigenvalue weighted by Crippen LogP contribution is -2.17. The Bertz CT molecular complexity index is 656. The number of carbonyl (C=O) groups excluding carboxylic acids is 1. The van der Waals surface area contributed by atoms with Crippen molar-refractivity contribution in [2.75, 3.05) is 5.32 Å². The molecule has 2 aromatic rings. The maximum absolute atomic E-state index is 13.8. The lowest BCUT2D eigenvalue weighted by molar-refractivity contribution is 0.101. The smallest absolute Gasteiger partial charge is 0.261 e. The predicted octanol–water partition coefficient (Wildman–Crippen LogP) is 3.02. The number of nitrogens with one attached hydrogen (secondary N) is 1. The molecule has 0 aliphatic heterocycles. The number of halogens is 2. The minimum atomic E-state index is -0.924. The summed E-state index contributed by atoms with van der Waals surface area (Å²) in [5.74, 6) is -2.69. The third-order valence-electron chi connectivity index (χ3n) is 2.95. The molecule has 20 heavy (non-hydrogen) atoms. The van der Waals surface area contributed by atoms with Crippen LogP contribution >= 0.6 is 0 Å². The molecule has 104 valence electrons. The summed E-state index contributed by atoms with van der Waals surface area (Å²) in [7, 11) is 0. The van der Waals surface area contributed by atoms with E-state index in [-0.39, 0.29) is 12.2 Å². The fourth-order valence-electron chi connectivity index (χ4n) is 1.83. The summed E-state index contributed by atoms with van der Waals surface area (Å²) >= 11 is 0. The van der Waals surface area contributed by atoms with E-state index in [1.165, 1.54) is 13.0 Å². The Kier molecular flexibility index (Phi) is 4.10. The van der Waals surface area contributed by atoms with Gasteiger partial charge in [0.2, 0.25) is 0 Å². The van der Waals surface area contributed by atoms with Gasteiger partial charge in [-0.25, -0.2) is 8.78 Å². The molecule has 5 heteroatoms. The van der Waals surface area contributed by atoms with Crippen molar-refractivity contribution in [1.82, 2.24) is 0 Å². The third kappa shape index (κ3) is 2.67. The van der Waals surface area contributed by atoms with Gasteiger partial charge in [-0.3, -0.25) is 4.79 Å². The minimum absolute atomic E-state index is 0.187. The average Bonchev–Trinajstić information content (AvgIpc) is 2.44. The summed E-state index contributed by atoms with van der Waals surface area (Å²) in [4.78, 5) is 12.0. The molecule has 2 N–H and O–H groups in total. The van der Waals surface area contributed by atoms with Crippen LogP contribution in [0.5, 0.6) is 0 Å². The first-order valence-corrected chi connectivity index (χ1v) is 5.99. The zero-order valence-corrected chi connectivity index (χ0v) is 10.8. The molecule has 0 unspecified atom stereocenters. The van der Waals surface area contributed by atoms with Crippen LogP contribution in [0.3, 0.4) is 0 Å². The highest BCUT2D eigenvalue weighted by Gasteiger charge is 2.19. The Morgan fingerprint density at radius 3 is 2.60 bits per heavy atom. The van der Waals surface area contributed by atoms with Crippen LogP contribution in [0.1, 0.15) is 21.5 Å². The van der Waals surface area contributed by atoms with Crippen LogP contribution in [-0.2, 0) is 6.61 Å². The number of anilines is 1. The van der Waals surface area contributed by atoms with E-state index in [4.69, 9.17) is 5.11 Å². The van der Waals surface area contributed by atoms with Gasteiger partial charge in [-0.2, -0.15) is 0 Å². The highest BCUT2D eigenvalue weighted by Crippen LogP contribution is 2.20. The zero-order chi connectivity index (χ0) is 14.7. The molecular weight excluding hydrogens is 264 g/mol. The maximum atomic E-state index is 13.8. The van der Waals surface area contributed by atoms with Gasteiger partial charge in [0.1, 0.15) is 17.2 Å². The fraction of sp³-hybridized carbons (Fsp3) is 0.133. The Morgan fingerprint density at radius 2 is 1.90 bits per heavy atom. The topological polar surface area (TPSA) is 49.3 Å². The largest absolute Gasteiger partial charge is 0.392 e. The van der Waals surface area contributed by atoms with Crippen LogP contribution in [0, 0.1) is 18.6 Å². The summed E-state index contributed by atoms with van der Waals surface area (Å²) in [6.07, 6.45) is 0. The number of hydrogen-bond donors (Lipinski definition) is 2. The second-order valence-corrected chi connectivity index (χ2v) is 4.32. The van der Waals surface area contributed by atoms with Crippen LogP contribution in [-0.4, -0.2) is 11.0 Å². The highest BCUT2D eigenvalue weighted by atomic mass is 19.1. The van der Waals surface area contributed by atoms with E-state index in [0.29, 0.717) is 11.3 Å². The van der Waals surface area contributed by atoms with E-state index in [1.54, 1.807) is 24.3 Å². The first-order chi connectivity index (χ1) is 9.54. The fourth-order valence-corrected chi connectivity index (χ4v) is 1.83. The molecule has 0 aliphatic carbocycles. The number of carbonyl (C=O) groups is 1. The number of para-hydroxylation sites is 1. The molecule has 3 nitrogen and oxygen atoms in total. The number of amides is 1. The average molecular weight is 277 g/mol. The molecule has 0 saturated heterocycles. The predicted molar refractivity (Wildman–Crippen MR) is 71.4 cm³/mol. The molecule has 0 heterocycles. The van der Waals surface area contributed by atoms with Crippen molar-refractivity contribution in [1.29, 1.82) is 0 Å². The highest BCUT2D eigenvalue weighted by molar-refractivity contribution is 6.05. The molecule has 0 atom stereocenters. The molecule has 2 aromatic carbocycles. The normalized spacial score (nSPS) is 10.4.